The van der Waals surface area contributed by atoms with Crippen LogP contribution in [0.5, 0.6) is 0 Å². The standard InChI is InChI=1S/C16H20N4O3/c1-19-14-6-5-12(9-13(14)17-18-19)16(23)20-8-2-3-11(10-20)4-7-15(21)22/h5-6,9,11H,2-4,7-8,10H2,1H3,(H,21,22)/t11-/m0/s1. The number of hydrogen-bond acceptors (Lipinski definition) is 4. The zero-order chi connectivity index (χ0) is 16.4. The Morgan fingerprint density at radius 2 is 2.22 bits per heavy atom. The van der Waals surface area contributed by atoms with Gasteiger partial charge in [0.25, 0.3) is 5.91 Å². The van der Waals surface area contributed by atoms with Gasteiger partial charge in [-0.2, -0.15) is 0 Å². The molecule has 2 heterocycles. The Kier molecular flexibility index (Phi) is 4.27. The van der Waals surface area contributed by atoms with Crippen LogP contribution in [0.4, 0.5) is 0 Å². The molecule has 1 aliphatic rings. The highest BCUT2D eigenvalue weighted by Crippen LogP contribution is 2.23. The predicted molar refractivity (Wildman–Crippen MR) is 84.0 cm³/mol. The number of carbonyl (C=O) groups is 2. The van der Waals surface area contributed by atoms with Crippen LogP contribution in [0, 0.1) is 5.92 Å². The summed E-state index contributed by atoms with van der Waals surface area (Å²) in [5.41, 5.74) is 2.20. The number of amides is 1. The van der Waals surface area contributed by atoms with Gasteiger partial charge in [-0.1, -0.05) is 5.21 Å². The van der Waals surface area contributed by atoms with Crippen LogP contribution < -0.4 is 0 Å². The number of hydrogen-bond donors (Lipinski definition) is 1. The zero-order valence-corrected chi connectivity index (χ0v) is 13.1. The van der Waals surface area contributed by atoms with E-state index in [1.807, 2.05) is 18.0 Å². The Morgan fingerprint density at radius 3 is 3.00 bits per heavy atom. The van der Waals surface area contributed by atoms with Crippen molar-refractivity contribution in [3.8, 4) is 0 Å². The smallest absolute Gasteiger partial charge is 0.303 e. The first kappa shape index (κ1) is 15.5. The second kappa shape index (κ2) is 6.36. The largest absolute Gasteiger partial charge is 0.481 e. The SMILES string of the molecule is Cn1nnc2cc(C(=O)N3CCC[C@@H](CCC(=O)O)C3)ccc21. The number of aliphatic carboxylic acids is 1. The molecule has 0 saturated carbocycles. The van der Waals surface area contributed by atoms with Gasteiger partial charge < -0.3 is 10.0 Å². The number of aromatic nitrogens is 3. The lowest BCUT2D eigenvalue weighted by Gasteiger charge is -2.32. The summed E-state index contributed by atoms with van der Waals surface area (Å²) >= 11 is 0. The van der Waals surface area contributed by atoms with Gasteiger partial charge in [0.1, 0.15) is 5.52 Å². The Hall–Kier alpha value is -2.44. The van der Waals surface area contributed by atoms with E-state index in [1.165, 1.54) is 0 Å². The fraction of sp³-hybridized carbons (Fsp3) is 0.500. The van der Waals surface area contributed by atoms with Crippen LogP contribution in [-0.4, -0.2) is 50.0 Å². The van der Waals surface area contributed by atoms with Crippen LogP contribution in [0.3, 0.4) is 0 Å². The normalized spacial score (nSPS) is 18.3. The lowest BCUT2D eigenvalue weighted by molar-refractivity contribution is -0.137. The molecule has 0 radical (unpaired) electrons. The van der Waals surface area contributed by atoms with Crippen molar-refractivity contribution in [3.05, 3.63) is 23.8 Å². The molecule has 2 aromatic rings. The molecule has 0 unspecified atom stereocenters. The summed E-state index contributed by atoms with van der Waals surface area (Å²) in [6.07, 6.45) is 2.70. The first-order valence-electron chi connectivity index (χ1n) is 7.85. The number of carboxylic acids is 1. The maximum absolute atomic E-state index is 12.7. The molecular formula is C16H20N4O3. The van der Waals surface area contributed by atoms with Gasteiger partial charge in [-0.15, -0.1) is 5.10 Å². The van der Waals surface area contributed by atoms with E-state index in [1.54, 1.807) is 16.8 Å². The van der Waals surface area contributed by atoms with Crippen molar-refractivity contribution in [1.29, 1.82) is 0 Å². The Morgan fingerprint density at radius 1 is 1.39 bits per heavy atom. The molecule has 122 valence electrons. The minimum atomic E-state index is -0.776. The molecule has 3 rings (SSSR count). The van der Waals surface area contributed by atoms with Crippen molar-refractivity contribution in [2.45, 2.75) is 25.7 Å². The molecule has 0 spiro atoms. The van der Waals surface area contributed by atoms with Gasteiger partial charge in [-0.3, -0.25) is 9.59 Å². The third-order valence-electron chi connectivity index (χ3n) is 4.43. The van der Waals surface area contributed by atoms with Crippen LogP contribution in [0.15, 0.2) is 18.2 Å². The van der Waals surface area contributed by atoms with E-state index >= 15 is 0 Å². The molecule has 1 amide bonds. The van der Waals surface area contributed by atoms with Gasteiger partial charge in [0.05, 0.1) is 5.52 Å². The van der Waals surface area contributed by atoms with E-state index in [9.17, 15) is 9.59 Å². The van der Waals surface area contributed by atoms with Gasteiger partial charge >= 0.3 is 5.97 Å². The van der Waals surface area contributed by atoms with Crippen LogP contribution in [0.25, 0.3) is 11.0 Å². The topological polar surface area (TPSA) is 88.3 Å². The second-order valence-corrected chi connectivity index (χ2v) is 6.11. The van der Waals surface area contributed by atoms with Gasteiger partial charge in [-0.05, 0) is 43.4 Å². The van der Waals surface area contributed by atoms with Gasteiger partial charge in [0, 0.05) is 32.1 Å². The fourth-order valence-electron chi connectivity index (χ4n) is 3.17. The maximum atomic E-state index is 12.7. The molecule has 0 bridgehead atoms. The molecule has 1 N–H and O–H groups in total. The Labute approximate surface area is 133 Å². The zero-order valence-electron chi connectivity index (χ0n) is 13.1. The number of benzene rings is 1. The molecule has 1 fully saturated rings. The monoisotopic (exact) mass is 316 g/mol. The third-order valence-corrected chi connectivity index (χ3v) is 4.43. The average Bonchev–Trinajstić information content (AvgIpc) is 2.93. The molecular weight excluding hydrogens is 296 g/mol. The van der Waals surface area contributed by atoms with E-state index in [4.69, 9.17) is 5.11 Å². The number of fused-ring (bicyclic) bond motifs is 1. The number of nitrogens with zero attached hydrogens (tertiary/aromatic N) is 4. The van der Waals surface area contributed by atoms with Crippen LogP contribution in [0.1, 0.15) is 36.0 Å². The summed E-state index contributed by atoms with van der Waals surface area (Å²) in [5.74, 6) is -0.525. The van der Waals surface area contributed by atoms with Crippen molar-refractivity contribution in [2.75, 3.05) is 13.1 Å². The predicted octanol–water partition coefficient (Wildman–Crippen LogP) is 1.69. The van der Waals surface area contributed by atoms with Crippen LogP contribution >= 0.6 is 0 Å². The number of aryl methyl sites for hydroxylation is 1. The van der Waals surface area contributed by atoms with Gasteiger partial charge in [0.15, 0.2) is 0 Å². The average molecular weight is 316 g/mol. The summed E-state index contributed by atoms with van der Waals surface area (Å²) in [7, 11) is 1.81. The van der Waals surface area contributed by atoms with Crippen molar-refractivity contribution in [1.82, 2.24) is 19.9 Å². The van der Waals surface area contributed by atoms with E-state index in [0.29, 0.717) is 24.0 Å². The molecule has 1 atom stereocenters. The summed E-state index contributed by atoms with van der Waals surface area (Å²) < 4.78 is 1.67. The first-order chi connectivity index (χ1) is 11.0. The third kappa shape index (κ3) is 3.33. The summed E-state index contributed by atoms with van der Waals surface area (Å²) in [6, 6.07) is 5.43. The summed E-state index contributed by atoms with van der Waals surface area (Å²) in [6.45, 7) is 1.35. The highest BCUT2D eigenvalue weighted by molar-refractivity contribution is 5.97. The molecule has 1 saturated heterocycles. The summed E-state index contributed by atoms with van der Waals surface area (Å²) in [5, 5.41) is 16.8. The molecule has 1 aliphatic heterocycles. The highest BCUT2D eigenvalue weighted by Gasteiger charge is 2.25. The van der Waals surface area contributed by atoms with E-state index < -0.39 is 5.97 Å². The lowest BCUT2D eigenvalue weighted by Crippen LogP contribution is -2.40. The minimum absolute atomic E-state index is 0.0161. The molecule has 23 heavy (non-hydrogen) atoms. The van der Waals surface area contributed by atoms with E-state index in [2.05, 4.69) is 10.3 Å². The molecule has 1 aromatic carbocycles. The van der Waals surface area contributed by atoms with Crippen molar-refractivity contribution < 1.29 is 14.7 Å². The number of rotatable bonds is 4. The van der Waals surface area contributed by atoms with Crippen molar-refractivity contribution >= 4 is 22.9 Å². The minimum Gasteiger partial charge on any atom is -0.481 e. The maximum Gasteiger partial charge on any atom is 0.303 e. The van der Waals surface area contributed by atoms with E-state index in [-0.39, 0.29) is 18.2 Å². The number of piperidine rings is 1. The molecule has 0 aliphatic carbocycles. The van der Waals surface area contributed by atoms with Crippen LogP contribution in [-0.2, 0) is 11.8 Å². The Bertz CT molecular complexity index is 740. The quantitative estimate of drug-likeness (QED) is 0.927. The van der Waals surface area contributed by atoms with Gasteiger partial charge in [0.2, 0.25) is 0 Å². The fourth-order valence-corrected chi connectivity index (χ4v) is 3.17. The second-order valence-electron chi connectivity index (χ2n) is 6.11. The first-order valence-corrected chi connectivity index (χ1v) is 7.85. The number of likely N-dealkylation sites (tertiary alicyclic amines) is 1. The highest BCUT2D eigenvalue weighted by atomic mass is 16.4. The van der Waals surface area contributed by atoms with Gasteiger partial charge in [-0.25, -0.2) is 4.68 Å². The molecule has 7 nitrogen and oxygen atoms in total. The van der Waals surface area contributed by atoms with E-state index in [0.717, 1.165) is 24.9 Å². The number of carboxylic acid groups (broad SMARTS) is 1. The number of carbonyl (C=O) groups excluding carboxylic acids is 1. The molecule has 1 aromatic heterocycles. The van der Waals surface area contributed by atoms with Crippen LogP contribution in [0.2, 0.25) is 0 Å². The summed E-state index contributed by atoms with van der Waals surface area (Å²) in [4.78, 5) is 25.2. The Balaban J connectivity index is 1.71. The van der Waals surface area contributed by atoms with Crippen molar-refractivity contribution in [2.24, 2.45) is 13.0 Å². The molecule has 7 heteroatoms. The lowest BCUT2D eigenvalue weighted by atomic mass is 9.93. The van der Waals surface area contributed by atoms with Crippen molar-refractivity contribution in [3.63, 3.8) is 0 Å².